The number of rotatable bonds is 2. The highest BCUT2D eigenvalue weighted by Gasteiger charge is 2.33. The van der Waals surface area contributed by atoms with Gasteiger partial charge in [0, 0.05) is 12.6 Å². The van der Waals surface area contributed by atoms with E-state index in [0.717, 1.165) is 18.9 Å². The molecule has 1 fully saturated rings. The normalized spacial score (nSPS) is 25.4. The van der Waals surface area contributed by atoms with Crippen molar-refractivity contribution in [2.24, 2.45) is 5.92 Å². The van der Waals surface area contributed by atoms with E-state index in [9.17, 15) is 12.8 Å². The summed E-state index contributed by atoms with van der Waals surface area (Å²) in [5.74, 6) is -0.261. The Morgan fingerprint density at radius 1 is 1.32 bits per heavy atom. The molecule has 1 aromatic rings. The highest BCUT2D eigenvalue weighted by molar-refractivity contribution is 7.89. The van der Waals surface area contributed by atoms with Gasteiger partial charge in [-0.1, -0.05) is 6.92 Å². The van der Waals surface area contributed by atoms with E-state index in [1.807, 2.05) is 13.8 Å². The first-order valence-electron chi connectivity index (χ1n) is 6.39. The van der Waals surface area contributed by atoms with Gasteiger partial charge < -0.3 is 5.73 Å². The number of benzene rings is 1. The van der Waals surface area contributed by atoms with Crippen LogP contribution in [0, 0.1) is 11.7 Å². The lowest BCUT2D eigenvalue weighted by atomic mass is 9.97. The molecule has 0 radical (unpaired) electrons. The number of anilines is 1. The minimum atomic E-state index is -3.60. The van der Waals surface area contributed by atoms with Crippen molar-refractivity contribution in [3.05, 3.63) is 24.0 Å². The minimum absolute atomic E-state index is 0.0347. The Kier molecular flexibility index (Phi) is 3.82. The summed E-state index contributed by atoms with van der Waals surface area (Å²) in [5, 5.41) is 0. The Morgan fingerprint density at radius 3 is 2.63 bits per heavy atom. The van der Waals surface area contributed by atoms with E-state index < -0.39 is 15.8 Å². The van der Waals surface area contributed by atoms with E-state index in [2.05, 4.69) is 0 Å². The second-order valence-corrected chi connectivity index (χ2v) is 7.18. The third-order valence-corrected chi connectivity index (χ3v) is 5.61. The molecule has 106 valence electrons. The van der Waals surface area contributed by atoms with Crippen molar-refractivity contribution in [3.63, 3.8) is 0 Å². The third-order valence-electron chi connectivity index (χ3n) is 3.63. The van der Waals surface area contributed by atoms with Crippen LogP contribution in [0.4, 0.5) is 10.1 Å². The molecule has 0 bridgehead atoms. The zero-order chi connectivity index (χ0) is 14.2. The van der Waals surface area contributed by atoms with Crippen LogP contribution in [-0.4, -0.2) is 25.3 Å². The quantitative estimate of drug-likeness (QED) is 0.848. The fourth-order valence-corrected chi connectivity index (χ4v) is 4.22. The molecule has 2 N–H and O–H groups in total. The summed E-state index contributed by atoms with van der Waals surface area (Å²) in [7, 11) is -3.60. The highest BCUT2D eigenvalue weighted by Crippen LogP contribution is 2.28. The van der Waals surface area contributed by atoms with Gasteiger partial charge in [-0.3, -0.25) is 0 Å². The molecular weight excluding hydrogens is 267 g/mol. The van der Waals surface area contributed by atoms with Gasteiger partial charge in [0.05, 0.1) is 10.6 Å². The summed E-state index contributed by atoms with van der Waals surface area (Å²) in [6.07, 6.45) is 1.87. The topological polar surface area (TPSA) is 63.4 Å². The molecule has 0 aromatic heterocycles. The second-order valence-electron chi connectivity index (χ2n) is 5.29. The van der Waals surface area contributed by atoms with Gasteiger partial charge in [-0.25, -0.2) is 12.8 Å². The van der Waals surface area contributed by atoms with Crippen LogP contribution < -0.4 is 5.73 Å². The SMILES string of the molecule is CC1CCC(C)N(S(=O)(=O)c2ccc(F)c(N)c2)C1. The van der Waals surface area contributed by atoms with Crippen LogP contribution in [0.1, 0.15) is 26.7 Å². The molecule has 2 unspecified atom stereocenters. The second kappa shape index (κ2) is 5.09. The Bertz CT molecular complexity index is 574. The molecule has 0 aliphatic carbocycles. The molecule has 1 heterocycles. The Morgan fingerprint density at radius 2 is 2.00 bits per heavy atom. The average Bonchev–Trinajstić information content (AvgIpc) is 2.35. The molecule has 2 rings (SSSR count). The predicted octanol–water partition coefficient (Wildman–Crippen LogP) is 2.22. The van der Waals surface area contributed by atoms with Crippen LogP contribution in [0.3, 0.4) is 0 Å². The van der Waals surface area contributed by atoms with Gasteiger partial charge in [-0.15, -0.1) is 0 Å². The maximum atomic E-state index is 13.1. The molecule has 1 saturated heterocycles. The smallest absolute Gasteiger partial charge is 0.243 e. The van der Waals surface area contributed by atoms with E-state index >= 15 is 0 Å². The largest absolute Gasteiger partial charge is 0.396 e. The predicted molar refractivity (Wildman–Crippen MR) is 72.6 cm³/mol. The van der Waals surface area contributed by atoms with Gasteiger partial charge in [0.2, 0.25) is 10.0 Å². The van der Waals surface area contributed by atoms with Crippen LogP contribution in [0.15, 0.2) is 23.1 Å². The lowest BCUT2D eigenvalue weighted by molar-refractivity contribution is 0.218. The molecule has 6 heteroatoms. The van der Waals surface area contributed by atoms with Crippen LogP contribution in [0.5, 0.6) is 0 Å². The Balaban J connectivity index is 2.38. The van der Waals surface area contributed by atoms with E-state index in [1.165, 1.54) is 16.4 Å². The van der Waals surface area contributed by atoms with Gasteiger partial charge in [0.1, 0.15) is 5.82 Å². The first kappa shape index (κ1) is 14.3. The Hall–Kier alpha value is -1.14. The summed E-state index contributed by atoms with van der Waals surface area (Å²) < 4.78 is 39.7. The lowest BCUT2D eigenvalue weighted by Crippen LogP contribution is -2.44. The van der Waals surface area contributed by atoms with Gasteiger partial charge in [0.15, 0.2) is 0 Å². The van der Waals surface area contributed by atoms with Crippen molar-refractivity contribution in [2.45, 2.75) is 37.6 Å². The van der Waals surface area contributed by atoms with Gasteiger partial charge in [-0.2, -0.15) is 4.31 Å². The summed E-state index contributed by atoms with van der Waals surface area (Å²) in [5.41, 5.74) is 5.31. The standard InChI is InChI=1S/C13H19FN2O2S/c1-9-3-4-10(2)16(8-9)19(17,18)11-5-6-12(14)13(15)7-11/h5-7,9-10H,3-4,8,15H2,1-2H3. The molecule has 0 saturated carbocycles. The fourth-order valence-electron chi connectivity index (χ4n) is 2.40. The summed E-state index contributed by atoms with van der Waals surface area (Å²) in [6.45, 7) is 4.44. The van der Waals surface area contributed by atoms with Crippen LogP contribution in [0.2, 0.25) is 0 Å². The molecule has 1 aliphatic heterocycles. The van der Waals surface area contributed by atoms with Crippen molar-refractivity contribution < 1.29 is 12.8 Å². The van der Waals surface area contributed by atoms with Crippen LogP contribution in [-0.2, 0) is 10.0 Å². The molecule has 4 nitrogen and oxygen atoms in total. The number of piperidine rings is 1. The van der Waals surface area contributed by atoms with E-state index in [1.54, 1.807) is 0 Å². The first-order valence-corrected chi connectivity index (χ1v) is 7.83. The van der Waals surface area contributed by atoms with E-state index in [0.29, 0.717) is 12.5 Å². The zero-order valence-electron chi connectivity index (χ0n) is 11.1. The van der Waals surface area contributed by atoms with Crippen molar-refractivity contribution >= 4 is 15.7 Å². The molecule has 1 aromatic carbocycles. The van der Waals surface area contributed by atoms with Crippen molar-refractivity contribution in [1.82, 2.24) is 4.31 Å². The highest BCUT2D eigenvalue weighted by atomic mass is 32.2. The monoisotopic (exact) mass is 286 g/mol. The van der Waals surface area contributed by atoms with Crippen LogP contribution in [0.25, 0.3) is 0 Å². The van der Waals surface area contributed by atoms with E-state index in [-0.39, 0.29) is 16.6 Å². The van der Waals surface area contributed by atoms with Gasteiger partial charge in [-0.05, 0) is 43.9 Å². The summed E-state index contributed by atoms with van der Waals surface area (Å²) in [6, 6.07) is 3.52. The zero-order valence-corrected chi connectivity index (χ0v) is 12.0. The van der Waals surface area contributed by atoms with Crippen molar-refractivity contribution in [1.29, 1.82) is 0 Å². The summed E-state index contributed by atoms with van der Waals surface area (Å²) >= 11 is 0. The molecular formula is C13H19FN2O2S. The van der Waals surface area contributed by atoms with Crippen molar-refractivity contribution in [2.75, 3.05) is 12.3 Å². The molecule has 0 spiro atoms. The number of nitrogen functional groups attached to an aromatic ring is 1. The van der Waals surface area contributed by atoms with Gasteiger partial charge in [0.25, 0.3) is 0 Å². The third kappa shape index (κ3) is 2.74. The fraction of sp³-hybridized carbons (Fsp3) is 0.538. The Labute approximate surface area is 113 Å². The van der Waals surface area contributed by atoms with Gasteiger partial charge >= 0.3 is 0 Å². The van der Waals surface area contributed by atoms with Crippen LogP contribution >= 0.6 is 0 Å². The molecule has 2 atom stereocenters. The number of nitrogens with two attached hydrogens (primary N) is 1. The number of nitrogens with zero attached hydrogens (tertiary/aromatic N) is 1. The molecule has 1 aliphatic rings. The van der Waals surface area contributed by atoms with E-state index in [4.69, 9.17) is 5.73 Å². The number of halogens is 1. The number of sulfonamides is 1. The maximum Gasteiger partial charge on any atom is 0.243 e. The maximum absolute atomic E-state index is 13.1. The minimum Gasteiger partial charge on any atom is -0.396 e. The molecule has 19 heavy (non-hydrogen) atoms. The first-order chi connectivity index (χ1) is 8.82. The lowest BCUT2D eigenvalue weighted by Gasteiger charge is -2.35. The summed E-state index contributed by atoms with van der Waals surface area (Å²) in [4.78, 5) is 0.0624. The number of hydrogen-bond acceptors (Lipinski definition) is 3. The average molecular weight is 286 g/mol. The number of hydrogen-bond donors (Lipinski definition) is 1. The van der Waals surface area contributed by atoms with Crippen molar-refractivity contribution in [3.8, 4) is 0 Å². The molecule has 0 amide bonds.